The molecule has 93 valence electrons. The Hall–Kier alpha value is 1.00. The molecule has 1 heterocycles. The standard InChI is InChI=1S/C13H21NO.W.Y/c1-5-11-6-8(2)13(7-12(15)14-13)10(4)9(11)3;;/h6,8-10H,5,7H2,1-4H3,(H,14,15);;/p-1/t8?,9-,10+,13?;;/m0../s1. The fourth-order valence-electron chi connectivity index (χ4n) is 3.21. The Labute approximate surface area is 144 Å². The molecule has 4 atom stereocenters. The number of β-lactam (4-membered cyclic amide) rings is 1. The van der Waals surface area contributed by atoms with E-state index in [4.69, 9.17) is 0 Å². The topological polar surface area (TPSA) is 31.2 Å². The van der Waals surface area contributed by atoms with Crippen LogP contribution in [0.5, 0.6) is 0 Å². The SMILES string of the molecule is CCC1=CC(C)C2(CC(=O)[N-]2)[C@H](C)[C@@H]1C.[W].[Y]. The van der Waals surface area contributed by atoms with Gasteiger partial charge in [-0.15, -0.1) is 0 Å². The first-order valence-corrected chi connectivity index (χ1v) is 5.97. The van der Waals surface area contributed by atoms with Gasteiger partial charge in [-0.05, 0) is 30.6 Å². The van der Waals surface area contributed by atoms with Gasteiger partial charge in [0.25, 0.3) is 0 Å². The second-order valence-corrected chi connectivity index (χ2v) is 5.13. The van der Waals surface area contributed by atoms with Gasteiger partial charge in [-0.3, -0.25) is 0 Å². The Bertz CT molecular complexity index is 321. The van der Waals surface area contributed by atoms with Crippen molar-refractivity contribution < 1.29 is 58.6 Å². The van der Waals surface area contributed by atoms with Crippen molar-refractivity contribution in [3.8, 4) is 0 Å². The molecular weight excluding hydrogens is 459 g/mol. The number of rotatable bonds is 1. The number of amides is 1. The summed E-state index contributed by atoms with van der Waals surface area (Å²) in [5.41, 5.74) is 1.48. The average Bonchev–Trinajstić information content (AvgIpc) is 2.16. The van der Waals surface area contributed by atoms with Gasteiger partial charge in [0.2, 0.25) is 0 Å². The number of carbonyl (C=O) groups excluding carboxylic acids is 1. The fourth-order valence-corrected chi connectivity index (χ4v) is 3.21. The molecule has 0 aromatic rings. The summed E-state index contributed by atoms with van der Waals surface area (Å²) in [4.78, 5) is 11.1. The van der Waals surface area contributed by atoms with Gasteiger partial charge >= 0.3 is 0 Å². The first kappa shape index (κ1) is 18.0. The third kappa shape index (κ3) is 2.79. The van der Waals surface area contributed by atoms with E-state index >= 15 is 0 Å². The molecule has 0 N–H and O–H groups in total. The van der Waals surface area contributed by atoms with Gasteiger partial charge in [-0.2, -0.15) is 0 Å². The van der Waals surface area contributed by atoms with Crippen molar-refractivity contribution in [3.63, 3.8) is 0 Å². The third-order valence-corrected chi connectivity index (χ3v) is 4.55. The molecule has 1 aliphatic heterocycles. The minimum absolute atomic E-state index is 0. The van der Waals surface area contributed by atoms with Crippen molar-refractivity contribution in [1.82, 2.24) is 0 Å². The first-order valence-electron chi connectivity index (χ1n) is 5.97. The molecule has 2 nitrogen and oxygen atoms in total. The van der Waals surface area contributed by atoms with E-state index in [0.717, 1.165) is 6.42 Å². The summed E-state index contributed by atoms with van der Waals surface area (Å²) in [7, 11) is 0. The van der Waals surface area contributed by atoms with Crippen LogP contribution >= 0.6 is 0 Å². The second kappa shape index (κ2) is 6.44. The predicted octanol–water partition coefficient (Wildman–Crippen LogP) is 3.28. The Balaban J connectivity index is 0.00000128. The van der Waals surface area contributed by atoms with Gasteiger partial charge < -0.3 is 10.1 Å². The number of hydrogen-bond donors (Lipinski definition) is 0. The molecule has 1 fully saturated rings. The quantitative estimate of drug-likeness (QED) is 0.420. The van der Waals surface area contributed by atoms with Crippen LogP contribution in [-0.4, -0.2) is 11.4 Å². The van der Waals surface area contributed by atoms with Crippen LogP contribution in [0, 0.1) is 17.8 Å². The van der Waals surface area contributed by atoms with Crippen molar-refractivity contribution in [2.24, 2.45) is 17.8 Å². The molecular formula is C13H20NOWY-. The third-order valence-electron chi connectivity index (χ3n) is 4.55. The molecule has 1 saturated heterocycles. The Kier molecular flexibility index (Phi) is 6.82. The van der Waals surface area contributed by atoms with E-state index in [0.29, 0.717) is 24.2 Å². The zero-order chi connectivity index (χ0) is 11.2. The molecule has 1 amide bonds. The van der Waals surface area contributed by atoms with Crippen LogP contribution in [0.2, 0.25) is 0 Å². The summed E-state index contributed by atoms with van der Waals surface area (Å²) < 4.78 is 0. The van der Waals surface area contributed by atoms with Crippen LogP contribution in [-0.2, 0) is 58.6 Å². The Morgan fingerprint density at radius 3 is 2.35 bits per heavy atom. The van der Waals surface area contributed by atoms with Crippen LogP contribution in [0.3, 0.4) is 0 Å². The van der Waals surface area contributed by atoms with Crippen molar-refractivity contribution >= 4 is 5.91 Å². The fraction of sp³-hybridized carbons (Fsp3) is 0.769. The van der Waals surface area contributed by atoms with Gasteiger partial charge in [0.05, 0.1) is 5.91 Å². The van der Waals surface area contributed by atoms with E-state index in [-0.39, 0.29) is 65.2 Å². The molecule has 17 heavy (non-hydrogen) atoms. The van der Waals surface area contributed by atoms with Crippen molar-refractivity contribution in [2.75, 3.05) is 0 Å². The van der Waals surface area contributed by atoms with E-state index in [1.807, 2.05) is 0 Å². The molecule has 2 aliphatic rings. The zero-order valence-corrected chi connectivity index (χ0v) is 16.8. The molecule has 0 aromatic carbocycles. The molecule has 0 saturated carbocycles. The number of hydrogen-bond acceptors (Lipinski definition) is 1. The number of allylic oxidation sites excluding steroid dienone is 1. The largest absolute Gasteiger partial charge is 0.647 e. The summed E-state index contributed by atoms with van der Waals surface area (Å²) in [5.74, 6) is 1.60. The summed E-state index contributed by atoms with van der Waals surface area (Å²) in [6, 6.07) is 0. The molecule has 1 radical (unpaired) electrons. The molecule has 1 spiro atoms. The van der Waals surface area contributed by atoms with Crippen molar-refractivity contribution in [1.29, 1.82) is 0 Å². The number of nitrogens with zero attached hydrogens (tertiary/aromatic N) is 1. The van der Waals surface area contributed by atoms with E-state index < -0.39 is 0 Å². The minimum Gasteiger partial charge on any atom is -0.647 e. The van der Waals surface area contributed by atoms with E-state index in [2.05, 4.69) is 39.1 Å². The van der Waals surface area contributed by atoms with Gasteiger partial charge in [-0.25, -0.2) is 0 Å². The summed E-state index contributed by atoms with van der Waals surface area (Å²) in [5, 5.41) is 4.31. The Morgan fingerprint density at radius 2 is 1.94 bits per heavy atom. The van der Waals surface area contributed by atoms with Crippen LogP contribution in [0.4, 0.5) is 0 Å². The maximum atomic E-state index is 11.1. The minimum atomic E-state index is -0.0603. The first-order chi connectivity index (χ1) is 7.01. The van der Waals surface area contributed by atoms with Crippen LogP contribution in [0.15, 0.2) is 11.6 Å². The monoisotopic (exact) mass is 479 g/mol. The van der Waals surface area contributed by atoms with Crippen molar-refractivity contribution in [2.45, 2.75) is 46.1 Å². The van der Waals surface area contributed by atoms with Gasteiger partial charge in [0.1, 0.15) is 0 Å². The van der Waals surface area contributed by atoms with Gasteiger partial charge in [0.15, 0.2) is 0 Å². The molecule has 1 aliphatic carbocycles. The Morgan fingerprint density at radius 1 is 1.41 bits per heavy atom. The molecule has 4 heteroatoms. The summed E-state index contributed by atoms with van der Waals surface area (Å²) in [6.45, 7) is 8.93. The number of carbonyl (C=O) groups is 1. The van der Waals surface area contributed by atoms with Crippen LogP contribution in [0.25, 0.3) is 5.32 Å². The summed E-state index contributed by atoms with van der Waals surface area (Å²) >= 11 is 0. The van der Waals surface area contributed by atoms with Crippen molar-refractivity contribution in [3.05, 3.63) is 17.0 Å². The molecule has 0 aromatic heterocycles. The maximum absolute atomic E-state index is 11.1. The summed E-state index contributed by atoms with van der Waals surface area (Å²) in [6.07, 6.45) is 4.13. The van der Waals surface area contributed by atoms with E-state index in [1.54, 1.807) is 0 Å². The normalized spacial score (nSPS) is 39.4. The van der Waals surface area contributed by atoms with E-state index in [9.17, 15) is 4.79 Å². The maximum Gasteiger partial charge on any atom is 0.0506 e. The van der Waals surface area contributed by atoms with E-state index in [1.165, 1.54) is 5.57 Å². The molecule has 2 unspecified atom stereocenters. The van der Waals surface area contributed by atoms with Gasteiger partial charge in [-0.1, -0.05) is 44.9 Å². The molecule has 0 bridgehead atoms. The predicted molar refractivity (Wildman–Crippen MR) is 61.6 cm³/mol. The smallest absolute Gasteiger partial charge is 0.0506 e. The van der Waals surface area contributed by atoms with Gasteiger partial charge in [0, 0.05) is 53.8 Å². The second-order valence-electron chi connectivity index (χ2n) is 5.13. The van der Waals surface area contributed by atoms with Crippen LogP contribution in [0.1, 0.15) is 40.5 Å². The van der Waals surface area contributed by atoms with Crippen LogP contribution < -0.4 is 0 Å². The average molecular weight is 479 g/mol. The zero-order valence-electron chi connectivity index (χ0n) is 11.1. The molecule has 2 rings (SSSR count).